The van der Waals surface area contributed by atoms with Crippen LogP contribution in [0.15, 0.2) is 33.6 Å². The lowest BCUT2D eigenvalue weighted by molar-refractivity contribution is 0.0923. The Morgan fingerprint density at radius 3 is 2.85 bits per heavy atom. The Morgan fingerprint density at radius 2 is 2.15 bits per heavy atom. The molecule has 0 radical (unpaired) electrons. The van der Waals surface area contributed by atoms with Crippen molar-refractivity contribution in [2.24, 2.45) is 5.84 Å². The SMILES string of the molecule is Cc1cc(CSc2cc(Cl)ccc2Cl)oc1C(=O)NN. The number of hydrogen-bond acceptors (Lipinski definition) is 4. The van der Waals surface area contributed by atoms with E-state index in [-0.39, 0.29) is 5.76 Å². The minimum absolute atomic E-state index is 0.222. The number of carbonyl (C=O) groups excluding carboxylic acids is 1. The molecule has 2 rings (SSSR count). The number of hydrazine groups is 1. The second kappa shape index (κ2) is 6.54. The molecule has 0 saturated heterocycles. The average molecular weight is 331 g/mol. The van der Waals surface area contributed by atoms with Crippen LogP contribution in [0, 0.1) is 6.92 Å². The topological polar surface area (TPSA) is 68.3 Å². The first-order chi connectivity index (χ1) is 9.51. The van der Waals surface area contributed by atoms with Gasteiger partial charge in [0.2, 0.25) is 0 Å². The van der Waals surface area contributed by atoms with E-state index in [2.05, 4.69) is 0 Å². The molecule has 0 aliphatic rings. The van der Waals surface area contributed by atoms with Crippen molar-refractivity contribution in [3.05, 3.63) is 51.4 Å². The average Bonchev–Trinajstić information content (AvgIpc) is 2.80. The minimum atomic E-state index is -0.445. The number of nitrogen functional groups attached to an aromatic ring is 1. The van der Waals surface area contributed by atoms with Gasteiger partial charge in [0.05, 0.1) is 10.8 Å². The van der Waals surface area contributed by atoms with Crippen LogP contribution in [0.5, 0.6) is 0 Å². The third kappa shape index (κ3) is 3.49. The van der Waals surface area contributed by atoms with Gasteiger partial charge in [0.25, 0.3) is 0 Å². The molecule has 0 atom stereocenters. The largest absolute Gasteiger partial charge is 0.455 e. The molecule has 7 heteroatoms. The van der Waals surface area contributed by atoms with Crippen molar-refractivity contribution >= 4 is 40.9 Å². The lowest BCUT2D eigenvalue weighted by atomic mass is 10.2. The molecule has 4 nitrogen and oxygen atoms in total. The number of nitrogens with one attached hydrogen (secondary N) is 1. The zero-order chi connectivity index (χ0) is 14.7. The molecule has 1 aromatic carbocycles. The fourth-order valence-electron chi connectivity index (χ4n) is 1.65. The molecule has 1 amide bonds. The standard InChI is InChI=1S/C13H12Cl2N2O2S/c1-7-4-9(19-12(7)13(18)17-16)6-20-11-5-8(14)2-3-10(11)15/h2-5H,6,16H2,1H3,(H,17,18). The highest BCUT2D eigenvalue weighted by molar-refractivity contribution is 7.98. The molecule has 20 heavy (non-hydrogen) atoms. The van der Waals surface area contributed by atoms with E-state index in [9.17, 15) is 4.79 Å². The third-order valence-electron chi connectivity index (χ3n) is 2.57. The first-order valence-electron chi connectivity index (χ1n) is 5.69. The second-order valence-electron chi connectivity index (χ2n) is 4.06. The molecule has 3 N–H and O–H groups in total. The van der Waals surface area contributed by atoms with Crippen LogP contribution in [0.4, 0.5) is 0 Å². The summed E-state index contributed by atoms with van der Waals surface area (Å²) in [6.07, 6.45) is 0. The Hall–Kier alpha value is -1.14. The zero-order valence-corrected chi connectivity index (χ0v) is 12.9. The summed E-state index contributed by atoms with van der Waals surface area (Å²) >= 11 is 13.5. The van der Waals surface area contributed by atoms with Gasteiger partial charge in [-0.05, 0) is 31.2 Å². The van der Waals surface area contributed by atoms with Crippen LogP contribution in [0.25, 0.3) is 0 Å². The summed E-state index contributed by atoms with van der Waals surface area (Å²) in [5.41, 5.74) is 2.78. The number of halogens is 2. The number of carbonyl (C=O) groups is 1. The van der Waals surface area contributed by atoms with E-state index < -0.39 is 5.91 Å². The van der Waals surface area contributed by atoms with Crippen LogP contribution in [0.2, 0.25) is 10.0 Å². The maximum atomic E-state index is 11.4. The van der Waals surface area contributed by atoms with Crippen molar-refractivity contribution in [1.82, 2.24) is 5.43 Å². The molecule has 0 saturated carbocycles. The zero-order valence-electron chi connectivity index (χ0n) is 10.6. The van der Waals surface area contributed by atoms with Gasteiger partial charge in [-0.15, -0.1) is 11.8 Å². The number of furan rings is 1. The van der Waals surface area contributed by atoms with Crippen molar-refractivity contribution in [2.75, 3.05) is 0 Å². The highest BCUT2D eigenvalue weighted by Gasteiger charge is 2.15. The quantitative estimate of drug-likeness (QED) is 0.387. The molecule has 1 aromatic heterocycles. The second-order valence-corrected chi connectivity index (χ2v) is 5.92. The summed E-state index contributed by atoms with van der Waals surface area (Å²) in [4.78, 5) is 12.3. The first-order valence-corrected chi connectivity index (χ1v) is 7.43. The van der Waals surface area contributed by atoms with Crippen molar-refractivity contribution in [3.63, 3.8) is 0 Å². The first kappa shape index (κ1) is 15.3. The van der Waals surface area contributed by atoms with Gasteiger partial charge in [-0.1, -0.05) is 23.2 Å². The van der Waals surface area contributed by atoms with Crippen molar-refractivity contribution in [1.29, 1.82) is 0 Å². The summed E-state index contributed by atoms with van der Waals surface area (Å²) in [6, 6.07) is 7.06. The van der Waals surface area contributed by atoms with Crippen LogP contribution in [-0.2, 0) is 5.75 Å². The normalized spacial score (nSPS) is 10.6. The summed E-state index contributed by atoms with van der Waals surface area (Å²) in [5.74, 6) is 6.07. The fourth-order valence-corrected chi connectivity index (χ4v) is 3.02. The molecule has 106 valence electrons. The maximum absolute atomic E-state index is 11.4. The molecule has 0 bridgehead atoms. The van der Waals surface area contributed by atoms with Gasteiger partial charge in [0.15, 0.2) is 5.76 Å². The van der Waals surface area contributed by atoms with Gasteiger partial charge in [0, 0.05) is 15.5 Å². The lowest BCUT2D eigenvalue weighted by Gasteiger charge is -2.03. The minimum Gasteiger partial charge on any atom is -0.455 e. The highest BCUT2D eigenvalue weighted by Crippen LogP contribution is 2.32. The van der Waals surface area contributed by atoms with Gasteiger partial charge >= 0.3 is 5.91 Å². The monoisotopic (exact) mass is 330 g/mol. The Bertz CT molecular complexity index is 643. The smallest absolute Gasteiger partial charge is 0.301 e. The number of hydrogen-bond donors (Lipinski definition) is 2. The van der Waals surface area contributed by atoms with E-state index >= 15 is 0 Å². The maximum Gasteiger partial charge on any atom is 0.301 e. The van der Waals surface area contributed by atoms with E-state index in [0.29, 0.717) is 21.6 Å². The molecule has 0 fully saturated rings. The van der Waals surface area contributed by atoms with E-state index in [1.54, 1.807) is 31.2 Å². The number of benzene rings is 1. The van der Waals surface area contributed by atoms with Gasteiger partial charge in [-0.2, -0.15) is 0 Å². The van der Waals surface area contributed by atoms with Gasteiger partial charge in [-0.25, -0.2) is 5.84 Å². The Balaban J connectivity index is 2.11. The van der Waals surface area contributed by atoms with E-state index in [4.69, 9.17) is 33.5 Å². The molecule has 0 aliphatic heterocycles. The Morgan fingerprint density at radius 1 is 1.40 bits per heavy atom. The van der Waals surface area contributed by atoms with Crippen molar-refractivity contribution < 1.29 is 9.21 Å². The van der Waals surface area contributed by atoms with Gasteiger partial charge in [-0.3, -0.25) is 10.2 Å². The molecule has 0 unspecified atom stereocenters. The summed E-state index contributed by atoms with van der Waals surface area (Å²) in [6.45, 7) is 1.79. The van der Waals surface area contributed by atoms with Crippen molar-refractivity contribution in [3.8, 4) is 0 Å². The summed E-state index contributed by atoms with van der Waals surface area (Å²) in [7, 11) is 0. The molecule has 1 heterocycles. The third-order valence-corrected chi connectivity index (χ3v) is 4.32. The van der Waals surface area contributed by atoms with Crippen molar-refractivity contribution in [2.45, 2.75) is 17.6 Å². The summed E-state index contributed by atoms with van der Waals surface area (Å²) in [5, 5.41) is 1.25. The van der Waals surface area contributed by atoms with Crippen LogP contribution < -0.4 is 11.3 Å². The molecule has 0 aliphatic carbocycles. The van der Waals surface area contributed by atoms with Crippen LogP contribution in [0.3, 0.4) is 0 Å². The van der Waals surface area contributed by atoms with Gasteiger partial charge in [0.1, 0.15) is 5.76 Å². The highest BCUT2D eigenvalue weighted by atomic mass is 35.5. The van der Waals surface area contributed by atoms with E-state index in [1.165, 1.54) is 11.8 Å². The Kier molecular flexibility index (Phi) is 4.99. The Labute approximate surface area is 130 Å². The van der Waals surface area contributed by atoms with Crippen LogP contribution in [-0.4, -0.2) is 5.91 Å². The number of aryl methyl sites for hydroxylation is 1. The molecule has 2 aromatic rings. The molecular weight excluding hydrogens is 319 g/mol. The predicted octanol–water partition coefficient (Wildman–Crippen LogP) is 3.79. The number of nitrogens with two attached hydrogens (primary N) is 1. The van der Waals surface area contributed by atoms with Gasteiger partial charge < -0.3 is 4.42 Å². The summed E-state index contributed by atoms with van der Waals surface area (Å²) < 4.78 is 5.47. The number of rotatable bonds is 4. The predicted molar refractivity (Wildman–Crippen MR) is 81.1 cm³/mol. The van der Waals surface area contributed by atoms with E-state index in [1.807, 2.05) is 5.43 Å². The van der Waals surface area contributed by atoms with Crippen LogP contribution >= 0.6 is 35.0 Å². The number of thioether (sulfide) groups is 1. The van der Waals surface area contributed by atoms with Crippen LogP contribution in [0.1, 0.15) is 21.9 Å². The molecular formula is C13H12Cl2N2O2S. The van der Waals surface area contributed by atoms with E-state index in [0.717, 1.165) is 10.5 Å². The lowest BCUT2D eigenvalue weighted by Crippen LogP contribution is -2.30. The fraction of sp³-hybridized carbons (Fsp3) is 0.154. The number of amides is 1. The molecule has 0 spiro atoms.